The Hall–Kier alpha value is -6.00. The number of rotatable bonds is 3. The summed E-state index contributed by atoms with van der Waals surface area (Å²) in [7, 11) is -3.09. The third kappa shape index (κ3) is 4.40. The molecule has 5 heterocycles. The van der Waals surface area contributed by atoms with Crippen LogP contribution in [-0.4, -0.2) is 31.0 Å². The number of aromatic nitrogens is 2. The van der Waals surface area contributed by atoms with E-state index in [4.69, 9.17) is 24.4 Å². The second kappa shape index (κ2) is 12.3. The molecule has 4 aliphatic heterocycles. The summed E-state index contributed by atoms with van der Waals surface area (Å²) in [6.45, 7) is 6.01. The van der Waals surface area contributed by atoms with Gasteiger partial charge in [0.15, 0.2) is 0 Å². The van der Waals surface area contributed by atoms with Gasteiger partial charge in [-0.25, -0.2) is 4.98 Å². The highest BCUT2D eigenvalue weighted by molar-refractivity contribution is 8.03. The SMILES string of the molecule is C=NC1=C(N=CC)C2(c3ccccc3S1)c1ccccc1Sc1ccc(-c3ccc4c(c3)[Si]3(c5ccccc5O4)c4ccccc4Oc4nccnc43)cc12. The van der Waals surface area contributed by atoms with Gasteiger partial charge in [-0.2, -0.15) is 0 Å². The second-order valence-electron chi connectivity index (χ2n) is 13.7. The molecule has 2 spiro atoms. The van der Waals surface area contributed by atoms with Crippen LogP contribution in [-0.2, 0) is 5.41 Å². The van der Waals surface area contributed by atoms with Gasteiger partial charge in [0.2, 0.25) is 14.0 Å². The standard InChI is InChI=1S/C46H30N4O2S2Si/c1-3-48-42-44(47-2)54-37-17-9-5-13-31(37)46(42)30-12-4-8-16-36(30)53-38-23-21-28(26-32(38)46)29-20-22-35-41(27-29)55(39-18-10-6-14-33(39)51-35)40-19-11-7-15-34(40)52-43-45(55)50-25-24-49-43/h3-27H,2H2,1H3. The van der Waals surface area contributed by atoms with Crippen molar-refractivity contribution in [2.24, 2.45) is 9.98 Å². The zero-order valence-electron chi connectivity index (χ0n) is 29.6. The van der Waals surface area contributed by atoms with Crippen LogP contribution in [0.15, 0.2) is 181 Å². The lowest BCUT2D eigenvalue weighted by molar-refractivity contribution is 0.464. The number of fused-ring (bicyclic) bond motifs is 14. The van der Waals surface area contributed by atoms with Crippen LogP contribution in [0.2, 0.25) is 0 Å². The number of para-hydroxylation sites is 2. The molecule has 1 aromatic heterocycles. The summed E-state index contributed by atoms with van der Waals surface area (Å²) in [6.07, 6.45) is 5.36. The molecule has 262 valence electrons. The van der Waals surface area contributed by atoms with Crippen molar-refractivity contribution < 1.29 is 9.47 Å². The van der Waals surface area contributed by atoms with Crippen LogP contribution < -0.4 is 30.4 Å². The smallest absolute Gasteiger partial charge is 0.237 e. The Balaban J connectivity index is 1.20. The Bertz CT molecular complexity index is 2750. The quantitative estimate of drug-likeness (QED) is 0.133. The number of ether oxygens (including phenoxy) is 2. The van der Waals surface area contributed by atoms with E-state index in [1.807, 2.05) is 31.3 Å². The number of hydrogen-bond acceptors (Lipinski definition) is 8. The van der Waals surface area contributed by atoms with Crippen LogP contribution in [0.1, 0.15) is 23.6 Å². The molecule has 6 aromatic carbocycles. The monoisotopic (exact) mass is 762 g/mol. The lowest BCUT2D eigenvalue weighted by Gasteiger charge is -2.44. The minimum Gasteiger partial charge on any atom is -0.458 e. The Kier molecular flexibility index (Phi) is 7.23. The van der Waals surface area contributed by atoms with E-state index in [2.05, 4.69) is 127 Å². The maximum atomic E-state index is 6.75. The predicted octanol–water partition coefficient (Wildman–Crippen LogP) is 8.60. The molecule has 0 aliphatic carbocycles. The van der Waals surface area contributed by atoms with Gasteiger partial charge < -0.3 is 9.47 Å². The molecule has 4 aliphatic rings. The van der Waals surface area contributed by atoms with Gasteiger partial charge >= 0.3 is 0 Å². The van der Waals surface area contributed by atoms with E-state index < -0.39 is 13.5 Å². The van der Waals surface area contributed by atoms with Crippen molar-refractivity contribution in [3.63, 3.8) is 0 Å². The Morgan fingerprint density at radius 3 is 1.96 bits per heavy atom. The fraction of sp³-hybridized carbons (Fsp3) is 0.0435. The van der Waals surface area contributed by atoms with Crippen molar-refractivity contribution in [2.45, 2.75) is 27.0 Å². The van der Waals surface area contributed by atoms with Crippen LogP contribution in [0.3, 0.4) is 0 Å². The molecule has 9 heteroatoms. The summed E-state index contributed by atoms with van der Waals surface area (Å²) in [5.41, 5.74) is 5.88. The molecular formula is C46H30N4O2S2Si. The number of nitrogens with zero attached hydrogens (tertiary/aromatic N) is 4. The highest BCUT2D eigenvalue weighted by Crippen LogP contribution is 2.62. The van der Waals surface area contributed by atoms with Crippen LogP contribution in [0.5, 0.6) is 23.1 Å². The third-order valence-electron chi connectivity index (χ3n) is 11.1. The fourth-order valence-electron chi connectivity index (χ4n) is 8.98. The summed E-state index contributed by atoms with van der Waals surface area (Å²) < 4.78 is 13.2. The molecular weight excluding hydrogens is 733 g/mol. The van der Waals surface area contributed by atoms with Crippen molar-refractivity contribution >= 4 is 65.4 Å². The molecule has 7 aromatic rings. The Morgan fingerprint density at radius 2 is 1.22 bits per heavy atom. The first-order valence-corrected chi connectivity index (χ1v) is 21.7. The maximum Gasteiger partial charge on any atom is 0.237 e. The number of allylic oxidation sites excluding steroid dienone is 1. The van der Waals surface area contributed by atoms with E-state index in [0.717, 1.165) is 64.9 Å². The lowest BCUT2D eigenvalue weighted by Crippen LogP contribution is -2.78. The highest BCUT2D eigenvalue weighted by Gasteiger charge is 2.55. The van der Waals surface area contributed by atoms with E-state index in [1.165, 1.54) is 26.5 Å². The number of thioether (sulfide) groups is 1. The second-order valence-corrected chi connectivity index (χ2v) is 19.4. The van der Waals surface area contributed by atoms with E-state index >= 15 is 0 Å². The van der Waals surface area contributed by atoms with Crippen LogP contribution in [0, 0.1) is 0 Å². The fourth-order valence-corrected chi connectivity index (χ4v) is 16.1. The van der Waals surface area contributed by atoms with Gasteiger partial charge in [0.1, 0.15) is 27.6 Å². The van der Waals surface area contributed by atoms with Crippen molar-refractivity contribution in [3.8, 4) is 34.3 Å². The van der Waals surface area contributed by atoms with Gasteiger partial charge in [-0.1, -0.05) is 115 Å². The van der Waals surface area contributed by atoms with E-state index in [9.17, 15) is 0 Å². The minimum absolute atomic E-state index is 0.545. The molecule has 55 heavy (non-hydrogen) atoms. The summed E-state index contributed by atoms with van der Waals surface area (Å²) in [4.78, 5) is 23.1. The van der Waals surface area contributed by atoms with Gasteiger partial charge in [0, 0.05) is 38.5 Å². The molecule has 0 radical (unpaired) electrons. The van der Waals surface area contributed by atoms with Gasteiger partial charge in [-0.3, -0.25) is 15.0 Å². The molecule has 0 bridgehead atoms. The normalized spacial score (nSPS) is 19.6. The molecule has 0 fully saturated rings. The van der Waals surface area contributed by atoms with Crippen molar-refractivity contribution in [2.75, 3.05) is 0 Å². The topological polar surface area (TPSA) is 69.0 Å². The summed E-state index contributed by atoms with van der Waals surface area (Å²) >= 11 is 3.44. The first kappa shape index (κ1) is 32.4. The number of benzene rings is 6. The number of aliphatic imine (C=N–C) groups is 2. The average Bonchev–Trinajstić information content (AvgIpc) is 3.24. The molecule has 0 amide bonds. The van der Waals surface area contributed by atoms with Crippen LogP contribution >= 0.6 is 23.5 Å². The molecule has 0 saturated carbocycles. The zero-order chi connectivity index (χ0) is 36.7. The first-order chi connectivity index (χ1) is 27.2. The van der Waals surface area contributed by atoms with Crippen LogP contribution in [0.4, 0.5) is 0 Å². The highest BCUT2D eigenvalue weighted by atomic mass is 32.2. The van der Waals surface area contributed by atoms with E-state index in [0.29, 0.717) is 5.88 Å². The van der Waals surface area contributed by atoms with E-state index in [1.54, 1.807) is 35.9 Å². The zero-order valence-corrected chi connectivity index (χ0v) is 32.2. The molecule has 11 rings (SSSR count). The van der Waals surface area contributed by atoms with Crippen molar-refractivity contribution in [1.29, 1.82) is 0 Å². The largest absolute Gasteiger partial charge is 0.458 e. The summed E-state index contributed by atoms with van der Waals surface area (Å²) in [5.74, 6) is 3.01. The van der Waals surface area contributed by atoms with Gasteiger partial charge in [0.25, 0.3) is 0 Å². The third-order valence-corrected chi connectivity index (χ3v) is 18.0. The Labute approximate surface area is 327 Å². The molecule has 2 unspecified atom stereocenters. The molecule has 0 N–H and O–H groups in total. The minimum atomic E-state index is -3.09. The van der Waals surface area contributed by atoms with Crippen LogP contribution in [0.25, 0.3) is 11.1 Å². The van der Waals surface area contributed by atoms with E-state index in [-0.39, 0.29) is 0 Å². The number of hydrogen-bond donors (Lipinski definition) is 0. The van der Waals surface area contributed by atoms with Crippen molar-refractivity contribution in [3.05, 3.63) is 173 Å². The predicted molar refractivity (Wildman–Crippen MR) is 225 cm³/mol. The lowest BCUT2D eigenvalue weighted by atomic mass is 9.66. The van der Waals surface area contributed by atoms with Gasteiger partial charge in [-0.15, -0.1) is 0 Å². The van der Waals surface area contributed by atoms with Gasteiger partial charge in [0.05, 0.1) is 11.1 Å². The molecule has 2 atom stereocenters. The average molecular weight is 763 g/mol. The maximum absolute atomic E-state index is 6.75. The molecule has 6 nitrogen and oxygen atoms in total. The van der Waals surface area contributed by atoms with Gasteiger partial charge in [-0.05, 0) is 94.3 Å². The summed E-state index contributed by atoms with van der Waals surface area (Å²) in [6, 6.07) is 47.6. The van der Waals surface area contributed by atoms with Crippen molar-refractivity contribution in [1.82, 2.24) is 9.97 Å². The Morgan fingerprint density at radius 1 is 0.618 bits per heavy atom. The summed E-state index contributed by atoms with van der Waals surface area (Å²) in [5, 5.41) is 5.05. The molecule has 0 saturated heterocycles. The first-order valence-electron chi connectivity index (χ1n) is 18.1.